The first kappa shape index (κ1) is 16.1. The first-order valence-corrected chi connectivity index (χ1v) is 8.71. The molecule has 0 aliphatic carbocycles. The van der Waals surface area contributed by atoms with E-state index in [4.69, 9.17) is 10.5 Å². The maximum atomic E-state index is 11.4. The second-order valence-electron chi connectivity index (χ2n) is 5.70. The van der Waals surface area contributed by atoms with Gasteiger partial charge in [-0.1, -0.05) is 42.1 Å². The van der Waals surface area contributed by atoms with Gasteiger partial charge >= 0.3 is 0 Å². The van der Waals surface area contributed by atoms with Gasteiger partial charge in [0.2, 0.25) is 5.91 Å². The van der Waals surface area contributed by atoms with Crippen molar-refractivity contribution in [2.24, 2.45) is 5.73 Å². The van der Waals surface area contributed by atoms with Crippen LogP contribution in [0.1, 0.15) is 19.8 Å². The van der Waals surface area contributed by atoms with E-state index in [-0.39, 0.29) is 17.3 Å². The number of ether oxygens (including phenoxy) is 1. The highest BCUT2D eigenvalue weighted by Crippen LogP contribution is 2.30. The summed E-state index contributed by atoms with van der Waals surface area (Å²) in [5.74, 6) is -0.331. The van der Waals surface area contributed by atoms with Crippen LogP contribution in [-0.4, -0.2) is 33.4 Å². The normalized spacial score (nSPS) is 18.9. The maximum Gasteiger partial charge on any atom is 0.230 e. The lowest BCUT2D eigenvalue weighted by atomic mass is 10.1. The summed E-state index contributed by atoms with van der Waals surface area (Å²) in [6.45, 7) is 3.37. The summed E-state index contributed by atoms with van der Waals surface area (Å²) in [4.78, 5) is 15.9. The van der Waals surface area contributed by atoms with E-state index in [1.807, 2.05) is 24.4 Å². The van der Waals surface area contributed by atoms with Crippen LogP contribution >= 0.6 is 11.8 Å². The zero-order valence-corrected chi connectivity index (χ0v) is 14.0. The smallest absolute Gasteiger partial charge is 0.230 e. The Hall–Kier alpha value is -1.79. The molecule has 6 heteroatoms. The van der Waals surface area contributed by atoms with Gasteiger partial charge in [-0.2, -0.15) is 0 Å². The molecule has 2 heterocycles. The molecular weight excluding hydrogens is 310 g/mol. The minimum Gasteiger partial charge on any atom is -0.376 e. The first-order valence-electron chi connectivity index (χ1n) is 7.83. The number of thioether (sulfide) groups is 1. The van der Waals surface area contributed by atoms with E-state index < -0.39 is 0 Å². The van der Waals surface area contributed by atoms with Crippen molar-refractivity contribution >= 4 is 17.7 Å². The van der Waals surface area contributed by atoms with Crippen molar-refractivity contribution < 1.29 is 9.53 Å². The lowest BCUT2D eigenvalue weighted by molar-refractivity contribution is -0.117. The molecule has 0 radical (unpaired) electrons. The fourth-order valence-electron chi connectivity index (χ4n) is 2.68. The van der Waals surface area contributed by atoms with Crippen LogP contribution in [0, 0.1) is 0 Å². The number of benzene rings is 1. The number of primary amides is 1. The summed E-state index contributed by atoms with van der Waals surface area (Å²) in [6.07, 6.45) is 4.22. The summed E-state index contributed by atoms with van der Waals surface area (Å²) < 4.78 is 7.92. The van der Waals surface area contributed by atoms with Crippen molar-refractivity contribution in [1.82, 2.24) is 9.55 Å². The summed E-state index contributed by atoms with van der Waals surface area (Å²) >= 11 is 1.40. The quantitative estimate of drug-likeness (QED) is 0.826. The highest BCUT2D eigenvalue weighted by atomic mass is 32.2. The molecule has 0 bridgehead atoms. The minimum absolute atomic E-state index is 0.204. The SMILES string of the molecule is CC(Sc1ncc(-c2ccccc2)n1CC1CCCO1)C(N)=O. The Morgan fingerprint density at radius 2 is 2.26 bits per heavy atom. The van der Waals surface area contributed by atoms with Gasteiger partial charge in [-0.3, -0.25) is 4.79 Å². The zero-order chi connectivity index (χ0) is 16.2. The van der Waals surface area contributed by atoms with Crippen molar-refractivity contribution in [3.8, 4) is 11.3 Å². The van der Waals surface area contributed by atoms with Gasteiger partial charge < -0.3 is 15.0 Å². The molecule has 1 aromatic heterocycles. The van der Waals surface area contributed by atoms with Gasteiger partial charge in [-0.15, -0.1) is 0 Å². The number of carbonyl (C=O) groups is 1. The van der Waals surface area contributed by atoms with Crippen LogP contribution in [-0.2, 0) is 16.1 Å². The Morgan fingerprint density at radius 3 is 2.91 bits per heavy atom. The topological polar surface area (TPSA) is 70.1 Å². The number of rotatable bonds is 6. The second kappa shape index (κ2) is 7.19. The van der Waals surface area contributed by atoms with Gasteiger partial charge in [0.25, 0.3) is 0 Å². The fraction of sp³-hybridized carbons (Fsp3) is 0.412. The van der Waals surface area contributed by atoms with E-state index >= 15 is 0 Å². The van der Waals surface area contributed by atoms with Gasteiger partial charge in [0.05, 0.1) is 29.8 Å². The van der Waals surface area contributed by atoms with Crippen LogP contribution in [0.5, 0.6) is 0 Å². The van der Waals surface area contributed by atoms with Crippen molar-refractivity contribution in [1.29, 1.82) is 0 Å². The summed E-state index contributed by atoms with van der Waals surface area (Å²) in [6, 6.07) is 10.1. The number of hydrogen-bond donors (Lipinski definition) is 1. The average Bonchev–Trinajstić information content (AvgIpc) is 3.19. The molecule has 2 aromatic rings. The van der Waals surface area contributed by atoms with Crippen LogP contribution in [0.3, 0.4) is 0 Å². The van der Waals surface area contributed by atoms with E-state index in [0.29, 0.717) is 0 Å². The summed E-state index contributed by atoms with van der Waals surface area (Å²) in [5, 5.41) is 0.495. The minimum atomic E-state index is -0.331. The molecule has 3 rings (SSSR count). The van der Waals surface area contributed by atoms with Crippen molar-refractivity contribution in [2.75, 3.05) is 6.61 Å². The largest absolute Gasteiger partial charge is 0.376 e. The Kier molecular flexibility index (Phi) is 5.03. The van der Waals surface area contributed by atoms with E-state index in [0.717, 1.165) is 42.4 Å². The Labute approximate surface area is 140 Å². The third-order valence-corrected chi connectivity index (χ3v) is 5.10. The predicted octanol–water partition coefficient (Wildman–Crippen LogP) is 2.69. The maximum absolute atomic E-state index is 11.4. The van der Waals surface area contributed by atoms with Gasteiger partial charge in [0.15, 0.2) is 5.16 Å². The monoisotopic (exact) mass is 331 g/mol. The molecule has 5 nitrogen and oxygen atoms in total. The van der Waals surface area contributed by atoms with Crippen LogP contribution < -0.4 is 5.73 Å². The number of nitrogens with zero attached hydrogens (tertiary/aromatic N) is 2. The second-order valence-corrected chi connectivity index (χ2v) is 7.01. The molecule has 0 spiro atoms. The molecule has 1 fully saturated rings. The van der Waals surface area contributed by atoms with Crippen LogP contribution in [0.25, 0.3) is 11.3 Å². The van der Waals surface area contributed by atoms with Crippen molar-refractivity contribution in [2.45, 2.75) is 42.8 Å². The standard InChI is InChI=1S/C17H21N3O2S/c1-12(16(18)21)23-17-19-10-15(13-6-3-2-4-7-13)20(17)11-14-8-5-9-22-14/h2-4,6-7,10,12,14H,5,8-9,11H2,1H3,(H2,18,21). The number of carbonyl (C=O) groups excluding carboxylic acids is 1. The first-order chi connectivity index (χ1) is 11.1. The van der Waals surface area contributed by atoms with Gasteiger partial charge in [-0.05, 0) is 25.3 Å². The third kappa shape index (κ3) is 3.76. The van der Waals surface area contributed by atoms with Crippen LogP contribution in [0.4, 0.5) is 0 Å². The van der Waals surface area contributed by atoms with Crippen LogP contribution in [0.15, 0.2) is 41.7 Å². The Bertz CT molecular complexity index is 666. The molecule has 1 amide bonds. The molecule has 1 aliphatic heterocycles. The summed E-state index contributed by atoms with van der Waals surface area (Å²) in [7, 11) is 0. The number of imidazole rings is 1. The molecule has 1 aromatic carbocycles. The molecule has 1 saturated heterocycles. The highest BCUT2D eigenvalue weighted by molar-refractivity contribution is 8.00. The van der Waals surface area contributed by atoms with Crippen molar-refractivity contribution in [3.05, 3.63) is 36.5 Å². The van der Waals surface area contributed by atoms with E-state index in [1.165, 1.54) is 11.8 Å². The molecule has 2 unspecified atom stereocenters. The Balaban J connectivity index is 1.92. The lowest BCUT2D eigenvalue weighted by Crippen LogP contribution is -2.23. The lowest BCUT2D eigenvalue weighted by Gasteiger charge is -2.17. The predicted molar refractivity (Wildman–Crippen MR) is 91.2 cm³/mol. The van der Waals surface area contributed by atoms with Crippen molar-refractivity contribution in [3.63, 3.8) is 0 Å². The molecule has 0 saturated carbocycles. The van der Waals surface area contributed by atoms with Gasteiger partial charge in [-0.25, -0.2) is 4.98 Å². The van der Waals surface area contributed by atoms with E-state index in [1.54, 1.807) is 6.92 Å². The number of nitrogens with two attached hydrogens (primary N) is 1. The van der Waals surface area contributed by atoms with E-state index in [2.05, 4.69) is 21.7 Å². The fourth-order valence-corrected chi connectivity index (χ4v) is 3.52. The average molecular weight is 331 g/mol. The summed E-state index contributed by atoms with van der Waals surface area (Å²) in [5.41, 5.74) is 7.54. The van der Waals surface area contributed by atoms with E-state index in [9.17, 15) is 4.79 Å². The highest BCUT2D eigenvalue weighted by Gasteiger charge is 2.22. The molecule has 2 atom stereocenters. The zero-order valence-electron chi connectivity index (χ0n) is 13.1. The number of hydrogen-bond acceptors (Lipinski definition) is 4. The third-order valence-electron chi connectivity index (χ3n) is 3.98. The Morgan fingerprint density at radius 1 is 1.48 bits per heavy atom. The number of aromatic nitrogens is 2. The van der Waals surface area contributed by atoms with Crippen LogP contribution in [0.2, 0.25) is 0 Å². The molecule has 122 valence electrons. The molecule has 2 N–H and O–H groups in total. The van der Waals surface area contributed by atoms with Gasteiger partial charge in [0.1, 0.15) is 0 Å². The van der Waals surface area contributed by atoms with Gasteiger partial charge in [0, 0.05) is 6.61 Å². The molecular formula is C17H21N3O2S. The molecule has 1 aliphatic rings. The number of amides is 1. The molecule has 23 heavy (non-hydrogen) atoms.